The van der Waals surface area contributed by atoms with Gasteiger partial charge in [0, 0.05) is 38.0 Å². The molecule has 0 aromatic heterocycles. The van der Waals surface area contributed by atoms with Gasteiger partial charge in [0.25, 0.3) is 0 Å². The Kier molecular flexibility index (Phi) is 5.96. The fourth-order valence-electron chi connectivity index (χ4n) is 4.17. The zero-order valence-corrected chi connectivity index (χ0v) is 16.8. The minimum atomic E-state index is 0.301. The van der Waals surface area contributed by atoms with Gasteiger partial charge in [-0.2, -0.15) is 0 Å². The molecule has 1 aliphatic heterocycles. The van der Waals surface area contributed by atoms with E-state index in [0.717, 1.165) is 32.2 Å². The minimum Gasteiger partial charge on any atom is -0.376 e. The first-order chi connectivity index (χ1) is 13.8. The van der Waals surface area contributed by atoms with E-state index in [2.05, 4.69) is 69.8 Å². The summed E-state index contributed by atoms with van der Waals surface area (Å²) in [7, 11) is 1.89. The van der Waals surface area contributed by atoms with Gasteiger partial charge in [-0.1, -0.05) is 60.7 Å². The van der Waals surface area contributed by atoms with Gasteiger partial charge in [0.1, 0.15) is 0 Å². The first-order valence-corrected chi connectivity index (χ1v) is 10.4. The molecule has 1 atom stereocenters. The van der Waals surface area contributed by atoms with Crippen molar-refractivity contribution in [3.05, 3.63) is 71.8 Å². The van der Waals surface area contributed by atoms with Crippen LogP contribution in [-0.4, -0.2) is 44.1 Å². The number of aliphatic imine (C=N–C) groups is 1. The highest BCUT2D eigenvalue weighted by Gasteiger charge is 2.44. The van der Waals surface area contributed by atoms with Crippen molar-refractivity contribution >= 4 is 5.96 Å². The smallest absolute Gasteiger partial charge is 0.193 e. The average molecular weight is 378 g/mol. The quantitative estimate of drug-likeness (QED) is 0.588. The molecular weight excluding hydrogens is 346 g/mol. The zero-order valence-electron chi connectivity index (χ0n) is 16.8. The number of nitrogens with zero attached hydrogens (tertiary/aromatic N) is 2. The second kappa shape index (κ2) is 8.78. The number of benzene rings is 2. The average Bonchev–Trinajstić information content (AvgIpc) is 3.40. The molecule has 2 aromatic carbocycles. The van der Waals surface area contributed by atoms with Crippen molar-refractivity contribution in [1.29, 1.82) is 0 Å². The fraction of sp³-hybridized carbons (Fsp3) is 0.458. The fourth-order valence-corrected chi connectivity index (χ4v) is 4.17. The third-order valence-corrected chi connectivity index (χ3v) is 6.09. The lowest BCUT2D eigenvalue weighted by atomic mass is 9.96. The molecule has 148 valence electrons. The summed E-state index contributed by atoms with van der Waals surface area (Å²) >= 11 is 0. The summed E-state index contributed by atoms with van der Waals surface area (Å²) in [5.74, 6) is 1.61. The third kappa shape index (κ3) is 4.56. The van der Waals surface area contributed by atoms with Crippen LogP contribution in [0.25, 0.3) is 0 Å². The van der Waals surface area contributed by atoms with Crippen LogP contribution in [0.5, 0.6) is 0 Å². The van der Waals surface area contributed by atoms with E-state index in [4.69, 9.17) is 4.74 Å². The van der Waals surface area contributed by atoms with Crippen molar-refractivity contribution in [2.75, 3.05) is 33.3 Å². The van der Waals surface area contributed by atoms with Crippen molar-refractivity contribution in [1.82, 2.24) is 10.2 Å². The third-order valence-electron chi connectivity index (χ3n) is 6.09. The summed E-state index contributed by atoms with van der Waals surface area (Å²) in [5, 5.41) is 3.65. The molecule has 0 radical (unpaired) electrons. The first-order valence-electron chi connectivity index (χ1n) is 10.4. The normalized spacial score (nSPS) is 21.0. The number of hydrogen-bond acceptors (Lipinski definition) is 2. The van der Waals surface area contributed by atoms with Crippen LogP contribution in [0, 0.1) is 5.92 Å². The van der Waals surface area contributed by atoms with E-state index in [9.17, 15) is 0 Å². The Morgan fingerprint density at radius 3 is 2.50 bits per heavy atom. The van der Waals surface area contributed by atoms with Crippen LogP contribution in [0.1, 0.15) is 30.4 Å². The monoisotopic (exact) mass is 377 g/mol. The summed E-state index contributed by atoms with van der Waals surface area (Å²) in [6, 6.07) is 21.3. The maximum absolute atomic E-state index is 5.96. The summed E-state index contributed by atoms with van der Waals surface area (Å²) in [4.78, 5) is 6.93. The molecule has 1 unspecified atom stereocenters. The zero-order chi connectivity index (χ0) is 19.2. The summed E-state index contributed by atoms with van der Waals surface area (Å²) in [6.45, 7) is 4.56. The molecule has 4 heteroatoms. The highest BCUT2D eigenvalue weighted by Crippen LogP contribution is 2.47. The molecule has 1 heterocycles. The molecule has 0 spiro atoms. The predicted octanol–water partition coefficient (Wildman–Crippen LogP) is 3.83. The van der Waals surface area contributed by atoms with Crippen molar-refractivity contribution < 1.29 is 4.74 Å². The molecular formula is C24H31N3O. The number of guanidine groups is 1. The van der Waals surface area contributed by atoms with Crippen molar-refractivity contribution in [2.24, 2.45) is 10.9 Å². The topological polar surface area (TPSA) is 36.9 Å². The lowest BCUT2D eigenvalue weighted by molar-refractivity contribution is 0.0906. The van der Waals surface area contributed by atoms with E-state index >= 15 is 0 Å². The van der Waals surface area contributed by atoms with Gasteiger partial charge in [-0.25, -0.2) is 0 Å². The Labute approximate surface area is 168 Å². The van der Waals surface area contributed by atoms with Gasteiger partial charge in [0.15, 0.2) is 5.96 Å². The van der Waals surface area contributed by atoms with Gasteiger partial charge in [0.2, 0.25) is 0 Å². The SMILES string of the molecule is CN=C(NCC1(c2ccccc2)CC1)N1CCC(COCc2ccccc2)C1. The molecule has 1 N–H and O–H groups in total. The van der Waals surface area contributed by atoms with Crippen LogP contribution in [0.15, 0.2) is 65.7 Å². The molecule has 1 saturated heterocycles. The van der Waals surface area contributed by atoms with Crippen molar-refractivity contribution in [3.8, 4) is 0 Å². The largest absolute Gasteiger partial charge is 0.376 e. The van der Waals surface area contributed by atoms with E-state index in [-0.39, 0.29) is 0 Å². The van der Waals surface area contributed by atoms with E-state index in [1.165, 1.54) is 30.4 Å². The molecule has 0 amide bonds. The standard InChI is InChI=1S/C24H31N3O/c1-25-23(26-19-24(13-14-24)22-10-6-3-7-11-22)27-15-12-21(16-27)18-28-17-20-8-4-2-5-9-20/h2-11,21H,12-19H2,1H3,(H,25,26). The van der Waals surface area contributed by atoms with Gasteiger partial charge in [-0.3, -0.25) is 4.99 Å². The van der Waals surface area contributed by atoms with Crippen LogP contribution in [0.2, 0.25) is 0 Å². The Hall–Kier alpha value is -2.33. The second-order valence-electron chi connectivity index (χ2n) is 8.15. The lowest BCUT2D eigenvalue weighted by Crippen LogP contribution is -2.43. The van der Waals surface area contributed by atoms with Crippen molar-refractivity contribution in [2.45, 2.75) is 31.3 Å². The maximum atomic E-state index is 5.96. The van der Waals surface area contributed by atoms with E-state index < -0.39 is 0 Å². The number of nitrogens with one attached hydrogen (secondary N) is 1. The molecule has 2 aliphatic rings. The van der Waals surface area contributed by atoms with Crippen molar-refractivity contribution in [3.63, 3.8) is 0 Å². The van der Waals surface area contributed by atoms with E-state index in [1.54, 1.807) is 0 Å². The van der Waals surface area contributed by atoms with Gasteiger partial charge >= 0.3 is 0 Å². The second-order valence-corrected chi connectivity index (χ2v) is 8.15. The first kappa shape index (κ1) is 19.0. The number of hydrogen-bond donors (Lipinski definition) is 1. The highest BCUT2D eigenvalue weighted by molar-refractivity contribution is 5.80. The van der Waals surface area contributed by atoms with Gasteiger partial charge in [-0.05, 0) is 30.4 Å². The predicted molar refractivity (Wildman–Crippen MR) is 114 cm³/mol. The highest BCUT2D eigenvalue weighted by atomic mass is 16.5. The Balaban J connectivity index is 1.24. The number of rotatable bonds is 7. The summed E-state index contributed by atoms with van der Waals surface area (Å²) in [6.07, 6.45) is 3.69. The molecule has 4 rings (SSSR count). The minimum absolute atomic E-state index is 0.301. The number of ether oxygens (including phenoxy) is 1. The van der Waals surface area contributed by atoms with Crippen LogP contribution in [0.4, 0.5) is 0 Å². The van der Waals surface area contributed by atoms with Crippen LogP contribution < -0.4 is 5.32 Å². The van der Waals surface area contributed by atoms with Crippen LogP contribution >= 0.6 is 0 Å². The Morgan fingerprint density at radius 1 is 1.11 bits per heavy atom. The van der Waals surface area contributed by atoms with Gasteiger partial charge in [0.05, 0.1) is 13.2 Å². The molecule has 1 saturated carbocycles. The molecule has 0 bridgehead atoms. The molecule has 2 fully saturated rings. The Bertz CT molecular complexity index is 771. The van der Waals surface area contributed by atoms with E-state index in [1.807, 2.05) is 13.1 Å². The molecule has 1 aliphatic carbocycles. The Morgan fingerprint density at radius 2 is 1.82 bits per heavy atom. The van der Waals surface area contributed by atoms with Gasteiger partial charge < -0.3 is 15.0 Å². The molecule has 28 heavy (non-hydrogen) atoms. The maximum Gasteiger partial charge on any atom is 0.193 e. The van der Waals surface area contributed by atoms with Gasteiger partial charge in [-0.15, -0.1) is 0 Å². The summed E-state index contributed by atoms with van der Waals surface area (Å²) < 4.78 is 5.96. The lowest BCUT2D eigenvalue weighted by Gasteiger charge is -2.24. The number of likely N-dealkylation sites (tertiary alicyclic amines) is 1. The van der Waals surface area contributed by atoms with Crippen LogP contribution in [0.3, 0.4) is 0 Å². The van der Waals surface area contributed by atoms with E-state index in [0.29, 0.717) is 17.9 Å². The summed E-state index contributed by atoms with van der Waals surface area (Å²) in [5.41, 5.74) is 2.99. The molecule has 2 aromatic rings. The van der Waals surface area contributed by atoms with Crippen LogP contribution in [-0.2, 0) is 16.8 Å². The molecule has 4 nitrogen and oxygen atoms in total.